The predicted molar refractivity (Wildman–Crippen MR) is 138 cm³/mol. The highest BCUT2D eigenvalue weighted by Gasteiger charge is 2.28. The summed E-state index contributed by atoms with van der Waals surface area (Å²) in [4.78, 5) is 35.8. The Labute approximate surface area is 217 Å². The normalized spacial score (nSPS) is 14.5. The van der Waals surface area contributed by atoms with Crippen LogP contribution in [0.5, 0.6) is 23.0 Å². The molecule has 0 amide bonds. The Bertz CT molecular complexity index is 1150. The Kier molecular flexibility index (Phi) is 9.55. The van der Waals surface area contributed by atoms with Crippen molar-refractivity contribution in [3.8, 4) is 23.0 Å². The summed E-state index contributed by atoms with van der Waals surface area (Å²) in [6, 6.07) is 6.80. The molecule has 200 valence electrons. The van der Waals surface area contributed by atoms with E-state index in [-0.39, 0.29) is 23.2 Å². The van der Waals surface area contributed by atoms with Crippen LogP contribution in [0.25, 0.3) is 0 Å². The second-order valence-electron chi connectivity index (χ2n) is 9.52. The number of fused-ring (bicyclic) bond motifs is 1. The van der Waals surface area contributed by atoms with Gasteiger partial charge in [0, 0.05) is 11.6 Å². The number of hydrogen-bond acceptors (Lipinski definition) is 8. The van der Waals surface area contributed by atoms with Crippen molar-refractivity contribution >= 4 is 17.5 Å². The molecule has 2 aromatic rings. The average molecular weight is 513 g/mol. The van der Waals surface area contributed by atoms with Gasteiger partial charge in [-0.25, -0.2) is 4.79 Å². The predicted octanol–water partition coefficient (Wildman–Crippen LogP) is 5.42. The Morgan fingerprint density at radius 1 is 0.973 bits per heavy atom. The van der Waals surface area contributed by atoms with Crippen LogP contribution in [0.1, 0.15) is 91.1 Å². The second kappa shape index (κ2) is 12.6. The van der Waals surface area contributed by atoms with Gasteiger partial charge in [-0.1, -0.05) is 13.8 Å². The van der Waals surface area contributed by atoms with Crippen molar-refractivity contribution in [3.63, 3.8) is 0 Å². The number of unbranched alkanes of at least 4 members (excludes halogenated alkanes) is 2. The Morgan fingerprint density at radius 2 is 1.62 bits per heavy atom. The first-order valence-corrected chi connectivity index (χ1v) is 12.7. The van der Waals surface area contributed by atoms with E-state index >= 15 is 0 Å². The molecular formula is C29H36O8. The summed E-state index contributed by atoms with van der Waals surface area (Å²) in [6.07, 6.45) is 2.79. The first kappa shape index (κ1) is 28.0. The van der Waals surface area contributed by atoms with Crippen molar-refractivity contribution in [1.29, 1.82) is 0 Å². The summed E-state index contributed by atoms with van der Waals surface area (Å²) in [5.41, 5.74) is 2.30. The summed E-state index contributed by atoms with van der Waals surface area (Å²) in [7, 11) is 1.33. The average Bonchev–Trinajstić information content (AvgIpc) is 2.86. The van der Waals surface area contributed by atoms with E-state index in [1.807, 2.05) is 13.8 Å². The molecule has 0 radical (unpaired) electrons. The zero-order valence-electron chi connectivity index (χ0n) is 22.2. The number of Topliss-reactive ketones (excluding diaryl/α,β-unsaturated/α-hetero) is 2. The molecule has 0 bridgehead atoms. The fourth-order valence-corrected chi connectivity index (χ4v) is 4.40. The topological polar surface area (TPSA) is 108 Å². The first-order valence-electron chi connectivity index (χ1n) is 12.7. The highest BCUT2D eigenvalue weighted by atomic mass is 16.6. The lowest BCUT2D eigenvalue weighted by molar-refractivity contribution is -0.149. The molecule has 8 heteroatoms. The minimum atomic E-state index is -0.662. The fraction of sp³-hybridized carbons (Fsp3) is 0.483. The van der Waals surface area contributed by atoms with Gasteiger partial charge >= 0.3 is 5.97 Å². The van der Waals surface area contributed by atoms with Crippen LogP contribution in [-0.4, -0.2) is 49.1 Å². The van der Waals surface area contributed by atoms with E-state index < -0.39 is 12.1 Å². The molecule has 1 N–H and O–H groups in total. The van der Waals surface area contributed by atoms with Crippen LogP contribution >= 0.6 is 0 Å². The third-order valence-electron chi connectivity index (χ3n) is 6.39. The fourth-order valence-electron chi connectivity index (χ4n) is 4.40. The van der Waals surface area contributed by atoms with Crippen molar-refractivity contribution in [2.24, 2.45) is 0 Å². The van der Waals surface area contributed by atoms with Crippen LogP contribution in [-0.2, 0) is 16.0 Å². The van der Waals surface area contributed by atoms with Gasteiger partial charge in [-0.15, -0.1) is 0 Å². The number of methoxy groups -OCH3 is 1. The Hall–Kier alpha value is -3.55. The molecule has 0 fully saturated rings. The van der Waals surface area contributed by atoms with Gasteiger partial charge in [0.1, 0.15) is 23.0 Å². The van der Waals surface area contributed by atoms with Crippen LogP contribution in [0.4, 0.5) is 0 Å². The highest BCUT2D eigenvalue weighted by Crippen LogP contribution is 2.38. The molecule has 0 saturated heterocycles. The zero-order chi connectivity index (χ0) is 27.1. The standard InChI is InChI=1S/C29H36O8/c1-17(2)27-23(12-10-21(18(3)30)28(27)32)35-13-7-6-8-14-36-26-16-25-20(15-22(26)19(4)31)9-11-24(37-25)29(33)34-5/h10,12,15-17,24,32H,6-9,11,13-14H2,1-5H3. The number of benzene rings is 2. The summed E-state index contributed by atoms with van der Waals surface area (Å²) < 4.78 is 22.4. The van der Waals surface area contributed by atoms with Gasteiger partial charge in [-0.3, -0.25) is 9.59 Å². The summed E-state index contributed by atoms with van der Waals surface area (Å²) in [5.74, 6) is 0.846. The van der Waals surface area contributed by atoms with Crippen molar-refractivity contribution in [2.75, 3.05) is 20.3 Å². The van der Waals surface area contributed by atoms with E-state index in [2.05, 4.69) is 0 Å². The number of ether oxygens (including phenoxy) is 4. The van der Waals surface area contributed by atoms with Crippen LogP contribution in [0, 0.1) is 0 Å². The smallest absolute Gasteiger partial charge is 0.347 e. The van der Waals surface area contributed by atoms with E-state index in [9.17, 15) is 19.5 Å². The third-order valence-corrected chi connectivity index (χ3v) is 6.39. The molecule has 0 aromatic heterocycles. The number of aromatic hydroxyl groups is 1. The van der Waals surface area contributed by atoms with Crippen LogP contribution in [0.2, 0.25) is 0 Å². The van der Waals surface area contributed by atoms with Crippen LogP contribution in [0.15, 0.2) is 24.3 Å². The van der Waals surface area contributed by atoms with E-state index in [4.69, 9.17) is 18.9 Å². The lowest BCUT2D eigenvalue weighted by Gasteiger charge is -2.25. The largest absolute Gasteiger partial charge is 0.507 e. The number of rotatable bonds is 12. The molecule has 1 atom stereocenters. The molecule has 1 aliphatic heterocycles. The summed E-state index contributed by atoms with van der Waals surface area (Å²) >= 11 is 0. The van der Waals surface area contributed by atoms with E-state index in [1.54, 1.807) is 24.3 Å². The molecule has 0 spiro atoms. The van der Waals surface area contributed by atoms with Gasteiger partial charge in [-0.05, 0) is 75.6 Å². The lowest BCUT2D eigenvalue weighted by atomic mass is 9.96. The maximum Gasteiger partial charge on any atom is 0.347 e. The monoisotopic (exact) mass is 512 g/mol. The van der Waals surface area contributed by atoms with Crippen molar-refractivity contribution < 1.29 is 38.4 Å². The SMILES string of the molecule is COC(=O)C1CCc2cc(C(C)=O)c(OCCCCCOc3ccc(C(C)=O)c(O)c3C(C)C)cc2O1. The lowest BCUT2D eigenvalue weighted by Crippen LogP contribution is -2.32. The van der Waals surface area contributed by atoms with Gasteiger partial charge in [0.05, 0.1) is 31.5 Å². The zero-order valence-corrected chi connectivity index (χ0v) is 22.2. The van der Waals surface area contributed by atoms with Crippen LogP contribution in [0.3, 0.4) is 0 Å². The van der Waals surface area contributed by atoms with E-state index in [0.29, 0.717) is 60.0 Å². The molecule has 3 rings (SSSR count). The quantitative estimate of drug-likeness (QED) is 0.228. The number of carbonyl (C=O) groups is 3. The number of carbonyl (C=O) groups excluding carboxylic acids is 3. The maximum atomic E-state index is 12.2. The number of aryl methyl sites for hydroxylation is 1. The maximum absolute atomic E-state index is 12.2. The molecule has 37 heavy (non-hydrogen) atoms. The summed E-state index contributed by atoms with van der Waals surface area (Å²) in [5, 5.41) is 10.5. The number of ketones is 2. The van der Waals surface area contributed by atoms with Crippen molar-refractivity contribution in [2.45, 2.75) is 71.8 Å². The number of phenols is 1. The van der Waals surface area contributed by atoms with Gasteiger partial charge < -0.3 is 24.1 Å². The Balaban J connectivity index is 1.53. The molecule has 0 saturated carbocycles. The van der Waals surface area contributed by atoms with Crippen molar-refractivity contribution in [3.05, 3.63) is 46.5 Å². The molecule has 1 unspecified atom stereocenters. The second-order valence-corrected chi connectivity index (χ2v) is 9.52. The van der Waals surface area contributed by atoms with Gasteiger partial charge in [-0.2, -0.15) is 0 Å². The van der Waals surface area contributed by atoms with E-state index in [1.165, 1.54) is 21.0 Å². The molecule has 1 aliphatic rings. The van der Waals surface area contributed by atoms with Gasteiger partial charge in [0.15, 0.2) is 17.7 Å². The molecule has 2 aromatic carbocycles. The molecular weight excluding hydrogens is 476 g/mol. The Morgan fingerprint density at radius 3 is 2.22 bits per heavy atom. The first-order chi connectivity index (χ1) is 17.6. The molecule has 1 heterocycles. The van der Waals surface area contributed by atoms with E-state index in [0.717, 1.165) is 24.8 Å². The summed E-state index contributed by atoms with van der Waals surface area (Å²) in [6.45, 7) is 7.68. The number of hydrogen-bond donors (Lipinski definition) is 1. The number of phenolic OH excluding ortho intramolecular Hbond substituents is 1. The third kappa shape index (κ3) is 6.81. The number of esters is 1. The van der Waals surface area contributed by atoms with Crippen LogP contribution < -0.4 is 14.2 Å². The molecule has 0 aliphatic carbocycles. The highest BCUT2D eigenvalue weighted by molar-refractivity contribution is 5.98. The minimum absolute atomic E-state index is 0.00154. The van der Waals surface area contributed by atoms with Crippen molar-refractivity contribution in [1.82, 2.24) is 0 Å². The van der Waals surface area contributed by atoms with Gasteiger partial charge in [0.2, 0.25) is 0 Å². The van der Waals surface area contributed by atoms with Gasteiger partial charge in [0.25, 0.3) is 0 Å². The molecule has 8 nitrogen and oxygen atoms in total. The minimum Gasteiger partial charge on any atom is -0.507 e.